The molecule has 1 amide bonds. The van der Waals surface area contributed by atoms with Crippen molar-refractivity contribution >= 4 is 30.4 Å². The van der Waals surface area contributed by atoms with Crippen LogP contribution in [-0.2, 0) is 16.1 Å². The highest BCUT2D eigenvalue weighted by atomic mass is 32.1. The number of hydrogen-bond acceptors (Lipinski definition) is 6. The van der Waals surface area contributed by atoms with E-state index in [0.717, 1.165) is 4.90 Å². The zero-order valence-corrected chi connectivity index (χ0v) is 12.4. The van der Waals surface area contributed by atoms with Gasteiger partial charge in [0.25, 0.3) is 5.69 Å². The molecule has 8 nitrogen and oxygen atoms in total. The van der Waals surface area contributed by atoms with Gasteiger partial charge in [-0.25, -0.2) is 9.59 Å². The van der Waals surface area contributed by atoms with Crippen LogP contribution >= 0.6 is 12.6 Å². The molecule has 0 aliphatic carbocycles. The molecule has 0 radical (unpaired) electrons. The second-order valence-electron chi connectivity index (χ2n) is 4.86. The summed E-state index contributed by atoms with van der Waals surface area (Å²) in [5.74, 6) is -1.19. The molecular formula is C13H14N2O6S. The van der Waals surface area contributed by atoms with E-state index in [2.05, 4.69) is 12.6 Å². The number of rotatable bonds is 4. The van der Waals surface area contributed by atoms with Crippen LogP contribution in [0.4, 0.5) is 10.5 Å². The maximum atomic E-state index is 12.0. The molecule has 9 heteroatoms. The average molecular weight is 326 g/mol. The monoisotopic (exact) mass is 326 g/mol. The Hall–Kier alpha value is -2.29. The van der Waals surface area contributed by atoms with Crippen LogP contribution in [0.3, 0.4) is 0 Å². The molecule has 0 spiro atoms. The number of nitro benzene ring substituents is 1. The molecule has 1 saturated heterocycles. The average Bonchev–Trinajstić information content (AvgIpc) is 2.88. The molecule has 1 fully saturated rings. The van der Waals surface area contributed by atoms with Crippen molar-refractivity contribution in [2.45, 2.75) is 24.3 Å². The molecule has 0 bridgehead atoms. The number of likely N-dealkylation sites (tertiary alicyclic amines) is 1. The Morgan fingerprint density at radius 3 is 2.59 bits per heavy atom. The Bertz CT molecular complexity index is 605. The number of benzene rings is 1. The Kier molecular flexibility index (Phi) is 4.55. The number of carboxylic acids is 1. The summed E-state index contributed by atoms with van der Waals surface area (Å²) in [5, 5.41) is 19.7. The maximum Gasteiger partial charge on any atom is 0.411 e. The van der Waals surface area contributed by atoms with Crippen molar-refractivity contribution in [2.75, 3.05) is 6.54 Å². The Morgan fingerprint density at radius 2 is 2.05 bits per heavy atom. The number of amides is 1. The summed E-state index contributed by atoms with van der Waals surface area (Å²) in [6, 6.07) is 5.55. The van der Waals surface area contributed by atoms with Crippen LogP contribution < -0.4 is 0 Å². The number of carboxylic acid groups (broad SMARTS) is 1. The van der Waals surface area contributed by atoms with Gasteiger partial charge in [0.2, 0.25) is 0 Å². The van der Waals surface area contributed by atoms with Crippen molar-refractivity contribution in [1.82, 2.24) is 4.90 Å². The summed E-state index contributed by atoms with van der Waals surface area (Å²) in [6.45, 7) is 0.158. The SMILES string of the molecule is O=C(OCc1ccc([N+](=O)[O-])cc1)N1CCC[C@@]1(S)C(=O)O. The van der Waals surface area contributed by atoms with Crippen LogP contribution in [0.15, 0.2) is 24.3 Å². The molecule has 118 valence electrons. The van der Waals surface area contributed by atoms with Gasteiger partial charge in [0.1, 0.15) is 6.61 Å². The van der Waals surface area contributed by atoms with Crippen molar-refractivity contribution in [3.63, 3.8) is 0 Å². The molecular weight excluding hydrogens is 312 g/mol. The second-order valence-corrected chi connectivity index (χ2v) is 5.59. The number of nitro groups is 1. The molecule has 1 aliphatic heterocycles. The molecule has 1 aromatic carbocycles. The van der Waals surface area contributed by atoms with Gasteiger partial charge >= 0.3 is 12.1 Å². The summed E-state index contributed by atoms with van der Waals surface area (Å²) in [6.07, 6.45) is 0.00815. The summed E-state index contributed by atoms with van der Waals surface area (Å²) in [5.41, 5.74) is 0.508. The largest absolute Gasteiger partial charge is 0.479 e. The molecule has 2 rings (SSSR count). The van der Waals surface area contributed by atoms with Crippen molar-refractivity contribution in [3.05, 3.63) is 39.9 Å². The number of ether oxygens (including phenoxy) is 1. The maximum absolute atomic E-state index is 12.0. The van der Waals surface area contributed by atoms with Crippen LogP contribution in [0.5, 0.6) is 0 Å². The number of aliphatic carboxylic acids is 1. The lowest BCUT2D eigenvalue weighted by atomic mass is 10.2. The van der Waals surface area contributed by atoms with E-state index >= 15 is 0 Å². The van der Waals surface area contributed by atoms with E-state index in [9.17, 15) is 19.7 Å². The van der Waals surface area contributed by atoms with Gasteiger partial charge in [-0.2, -0.15) is 0 Å². The normalized spacial score (nSPS) is 20.7. The second kappa shape index (κ2) is 6.22. The minimum atomic E-state index is -1.55. The third-order valence-corrected chi connectivity index (χ3v) is 4.08. The molecule has 0 unspecified atom stereocenters. The first-order chi connectivity index (χ1) is 10.3. The van der Waals surface area contributed by atoms with E-state index in [-0.39, 0.29) is 25.3 Å². The first-order valence-electron chi connectivity index (χ1n) is 6.48. The number of thiol groups is 1. The molecule has 1 N–H and O–H groups in total. The van der Waals surface area contributed by atoms with E-state index in [1.807, 2.05) is 0 Å². The lowest BCUT2D eigenvalue weighted by Crippen LogP contribution is -2.49. The standard InChI is InChI=1S/C13H14N2O6S/c16-11(17)13(22)6-1-7-14(13)12(18)21-8-9-2-4-10(5-3-9)15(19)20/h2-5,22H,1,6-8H2,(H,16,17)/t13-/m1/s1. The topological polar surface area (TPSA) is 110 Å². The van der Waals surface area contributed by atoms with Crippen molar-refractivity contribution < 1.29 is 24.4 Å². The molecule has 1 aromatic rings. The molecule has 1 atom stereocenters. The predicted molar refractivity (Wildman–Crippen MR) is 78.6 cm³/mol. The lowest BCUT2D eigenvalue weighted by molar-refractivity contribution is -0.384. The minimum Gasteiger partial charge on any atom is -0.479 e. The Labute approximate surface area is 131 Å². The van der Waals surface area contributed by atoms with E-state index in [1.165, 1.54) is 24.3 Å². The molecule has 22 heavy (non-hydrogen) atoms. The number of carbonyl (C=O) groups excluding carboxylic acids is 1. The summed E-state index contributed by atoms with van der Waals surface area (Å²) >= 11 is 4.08. The molecule has 0 saturated carbocycles. The first kappa shape index (κ1) is 16.1. The van der Waals surface area contributed by atoms with Crippen molar-refractivity contribution in [2.24, 2.45) is 0 Å². The molecule has 1 aliphatic rings. The first-order valence-corrected chi connectivity index (χ1v) is 6.93. The highest BCUT2D eigenvalue weighted by Crippen LogP contribution is 2.33. The minimum absolute atomic E-state index is 0.0603. The van der Waals surface area contributed by atoms with Crippen molar-refractivity contribution in [3.8, 4) is 0 Å². The van der Waals surface area contributed by atoms with E-state index < -0.39 is 21.9 Å². The van der Waals surface area contributed by atoms with Crippen LogP contribution in [-0.4, -0.2) is 38.4 Å². The number of nitrogens with zero attached hydrogens (tertiary/aromatic N) is 2. The van der Waals surface area contributed by atoms with Crippen LogP contribution in [0, 0.1) is 10.1 Å². The van der Waals surface area contributed by atoms with Gasteiger partial charge in [-0.05, 0) is 30.5 Å². The Morgan fingerprint density at radius 1 is 1.41 bits per heavy atom. The van der Waals surface area contributed by atoms with Gasteiger partial charge in [0, 0.05) is 18.7 Å². The summed E-state index contributed by atoms with van der Waals surface area (Å²) in [7, 11) is 0. The summed E-state index contributed by atoms with van der Waals surface area (Å²) in [4.78, 5) is 32.8. The zero-order chi connectivity index (χ0) is 16.3. The van der Waals surface area contributed by atoms with E-state index in [1.54, 1.807) is 0 Å². The number of carbonyl (C=O) groups is 2. The number of hydrogen-bond donors (Lipinski definition) is 2. The fourth-order valence-corrected chi connectivity index (χ4v) is 2.54. The third-order valence-electron chi connectivity index (χ3n) is 3.43. The smallest absolute Gasteiger partial charge is 0.411 e. The highest BCUT2D eigenvalue weighted by Gasteiger charge is 2.48. The van der Waals surface area contributed by atoms with Gasteiger partial charge in [0.15, 0.2) is 4.87 Å². The fourth-order valence-electron chi connectivity index (χ4n) is 2.21. The predicted octanol–water partition coefficient (Wildman–Crippen LogP) is 2.04. The van der Waals surface area contributed by atoms with Gasteiger partial charge in [-0.3, -0.25) is 15.0 Å². The zero-order valence-electron chi connectivity index (χ0n) is 11.5. The van der Waals surface area contributed by atoms with Gasteiger partial charge in [-0.15, -0.1) is 12.6 Å². The van der Waals surface area contributed by atoms with E-state index in [0.29, 0.717) is 12.0 Å². The summed E-state index contributed by atoms with van der Waals surface area (Å²) < 4.78 is 5.06. The van der Waals surface area contributed by atoms with Crippen LogP contribution in [0.2, 0.25) is 0 Å². The van der Waals surface area contributed by atoms with Gasteiger partial charge < -0.3 is 9.84 Å². The fraction of sp³-hybridized carbons (Fsp3) is 0.385. The van der Waals surface area contributed by atoms with E-state index in [4.69, 9.17) is 9.84 Å². The number of non-ortho nitro benzene ring substituents is 1. The van der Waals surface area contributed by atoms with Crippen LogP contribution in [0.25, 0.3) is 0 Å². The lowest BCUT2D eigenvalue weighted by Gasteiger charge is -2.29. The Balaban J connectivity index is 1.98. The third kappa shape index (κ3) is 3.14. The van der Waals surface area contributed by atoms with Crippen molar-refractivity contribution in [1.29, 1.82) is 0 Å². The quantitative estimate of drug-likeness (QED) is 0.498. The van der Waals surface area contributed by atoms with Gasteiger partial charge in [0.05, 0.1) is 4.92 Å². The highest BCUT2D eigenvalue weighted by molar-refractivity contribution is 7.82. The van der Waals surface area contributed by atoms with Crippen LogP contribution in [0.1, 0.15) is 18.4 Å². The molecule has 1 heterocycles. The molecule has 0 aromatic heterocycles. The van der Waals surface area contributed by atoms with Gasteiger partial charge in [-0.1, -0.05) is 0 Å².